The number of aliphatic hydroxyl groups excluding tert-OH is 1. The quantitative estimate of drug-likeness (QED) is 0.218. The molecule has 1 heterocycles. The molecule has 33 heavy (non-hydrogen) atoms. The van der Waals surface area contributed by atoms with Crippen molar-refractivity contribution in [3.63, 3.8) is 0 Å². The smallest absolute Gasteiger partial charge is 0.294 e. The SMILES string of the molecule is O=C(NO)c1ccc(OCCN(C(=O)c2ccco2)c2cccc(COCCCO)c2)cc1. The molecule has 0 saturated heterocycles. The van der Waals surface area contributed by atoms with Crippen LogP contribution in [0.25, 0.3) is 0 Å². The Hall–Kier alpha value is -3.66. The number of furan rings is 1. The number of anilines is 1. The Morgan fingerprint density at radius 1 is 1.03 bits per heavy atom. The highest BCUT2D eigenvalue weighted by Crippen LogP contribution is 2.20. The number of ether oxygens (including phenoxy) is 2. The van der Waals surface area contributed by atoms with Crippen molar-refractivity contribution in [3.8, 4) is 5.75 Å². The summed E-state index contributed by atoms with van der Waals surface area (Å²) in [5, 5.41) is 17.6. The Bertz CT molecular complexity index is 1020. The first-order valence-corrected chi connectivity index (χ1v) is 10.4. The zero-order valence-electron chi connectivity index (χ0n) is 18.0. The summed E-state index contributed by atoms with van der Waals surface area (Å²) in [6.07, 6.45) is 2.00. The molecular weight excluding hydrogens is 428 g/mol. The third-order valence-electron chi connectivity index (χ3n) is 4.72. The maximum Gasteiger partial charge on any atom is 0.294 e. The predicted molar refractivity (Wildman–Crippen MR) is 119 cm³/mol. The Kier molecular flexibility index (Phi) is 9.01. The van der Waals surface area contributed by atoms with Crippen LogP contribution in [0.2, 0.25) is 0 Å². The zero-order chi connectivity index (χ0) is 23.5. The largest absolute Gasteiger partial charge is 0.492 e. The number of nitrogens with zero attached hydrogens (tertiary/aromatic N) is 1. The van der Waals surface area contributed by atoms with Crippen LogP contribution in [-0.2, 0) is 11.3 Å². The Morgan fingerprint density at radius 2 is 1.85 bits per heavy atom. The third kappa shape index (κ3) is 6.91. The Morgan fingerprint density at radius 3 is 2.55 bits per heavy atom. The lowest BCUT2D eigenvalue weighted by molar-refractivity contribution is 0.0706. The van der Waals surface area contributed by atoms with E-state index in [2.05, 4.69) is 0 Å². The standard InChI is InChI=1S/C24H26N2O7/c27-12-3-13-31-17-18-4-1-5-20(16-18)26(24(29)22-6-2-14-33-22)11-15-32-21-9-7-19(8-10-21)23(28)25-30/h1-2,4-10,14,16,27,30H,3,11-13,15,17H2,(H,25,28). The van der Waals surface area contributed by atoms with Gasteiger partial charge in [-0.1, -0.05) is 12.1 Å². The van der Waals surface area contributed by atoms with E-state index in [1.165, 1.54) is 18.4 Å². The molecular formula is C24H26N2O7. The lowest BCUT2D eigenvalue weighted by Gasteiger charge is -2.22. The topological polar surface area (TPSA) is 121 Å². The summed E-state index contributed by atoms with van der Waals surface area (Å²) in [6.45, 7) is 1.31. The number of nitrogens with one attached hydrogen (secondary N) is 1. The summed E-state index contributed by atoms with van der Waals surface area (Å²) < 4.78 is 16.6. The van der Waals surface area contributed by atoms with Gasteiger partial charge in [-0.2, -0.15) is 0 Å². The maximum atomic E-state index is 13.1. The van der Waals surface area contributed by atoms with Crippen LogP contribution in [0.1, 0.15) is 32.9 Å². The van der Waals surface area contributed by atoms with Gasteiger partial charge < -0.3 is 23.9 Å². The van der Waals surface area contributed by atoms with Gasteiger partial charge in [0.1, 0.15) is 12.4 Å². The fourth-order valence-corrected chi connectivity index (χ4v) is 3.07. The zero-order valence-corrected chi connectivity index (χ0v) is 18.0. The highest BCUT2D eigenvalue weighted by atomic mass is 16.5. The van der Waals surface area contributed by atoms with Gasteiger partial charge >= 0.3 is 0 Å². The first kappa shape index (κ1) is 24.0. The van der Waals surface area contributed by atoms with E-state index in [1.807, 2.05) is 24.3 Å². The van der Waals surface area contributed by atoms with Gasteiger partial charge in [-0.05, 0) is 60.5 Å². The number of hydroxylamine groups is 1. The van der Waals surface area contributed by atoms with Gasteiger partial charge in [0.25, 0.3) is 11.8 Å². The van der Waals surface area contributed by atoms with Gasteiger partial charge in [0.15, 0.2) is 5.76 Å². The molecule has 0 radical (unpaired) electrons. The average Bonchev–Trinajstić information content (AvgIpc) is 3.39. The number of carbonyl (C=O) groups excluding carboxylic acids is 2. The van der Waals surface area contributed by atoms with Crippen molar-refractivity contribution in [1.29, 1.82) is 0 Å². The summed E-state index contributed by atoms with van der Waals surface area (Å²) >= 11 is 0. The van der Waals surface area contributed by atoms with Gasteiger partial charge in [-0.15, -0.1) is 0 Å². The minimum absolute atomic E-state index is 0.0722. The number of benzene rings is 2. The highest BCUT2D eigenvalue weighted by molar-refractivity contribution is 6.04. The van der Waals surface area contributed by atoms with E-state index in [0.29, 0.717) is 31.1 Å². The molecule has 3 aromatic rings. The van der Waals surface area contributed by atoms with Crippen LogP contribution in [0.5, 0.6) is 5.75 Å². The molecule has 0 spiro atoms. The number of rotatable bonds is 12. The molecule has 9 heteroatoms. The minimum atomic E-state index is -0.614. The molecule has 0 bridgehead atoms. The molecule has 0 unspecified atom stereocenters. The van der Waals surface area contributed by atoms with Crippen molar-refractivity contribution < 1.29 is 33.8 Å². The van der Waals surface area contributed by atoms with Gasteiger partial charge in [-0.3, -0.25) is 14.8 Å². The van der Waals surface area contributed by atoms with Crippen LogP contribution in [0.15, 0.2) is 71.3 Å². The maximum absolute atomic E-state index is 13.1. The lowest BCUT2D eigenvalue weighted by atomic mass is 10.2. The lowest BCUT2D eigenvalue weighted by Crippen LogP contribution is -2.34. The fraction of sp³-hybridized carbons (Fsp3) is 0.250. The summed E-state index contributed by atoms with van der Waals surface area (Å²) in [5.74, 6) is -0.200. The van der Waals surface area contributed by atoms with Crippen LogP contribution in [0.4, 0.5) is 5.69 Å². The number of hydrogen-bond acceptors (Lipinski definition) is 7. The molecule has 0 atom stereocenters. The highest BCUT2D eigenvalue weighted by Gasteiger charge is 2.20. The van der Waals surface area contributed by atoms with E-state index in [0.717, 1.165) is 5.56 Å². The van der Waals surface area contributed by atoms with E-state index < -0.39 is 5.91 Å². The van der Waals surface area contributed by atoms with Crippen LogP contribution in [-0.4, -0.2) is 48.5 Å². The van der Waals surface area contributed by atoms with E-state index in [4.69, 9.17) is 24.2 Å². The van der Waals surface area contributed by atoms with Crippen molar-refractivity contribution in [2.45, 2.75) is 13.0 Å². The molecule has 2 aromatic carbocycles. The second-order valence-electron chi connectivity index (χ2n) is 7.05. The van der Waals surface area contributed by atoms with Crippen molar-refractivity contribution >= 4 is 17.5 Å². The van der Waals surface area contributed by atoms with Crippen molar-refractivity contribution in [3.05, 3.63) is 83.8 Å². The van der Waals surface area contributed by atoms with Crippen LogP contribution < -0.4 is 15.1 Å². The molecule has 9 nitrogen and oxygen atoms in total. The summed E-state index contributed by atoms with van der Waals surface area (Å²) in [4.78, 5) is 26.0. The van der Waals surface area contributed by atoms with Gasteiger partial charge in [0.05, 0.1) is 19.4 Å². The van der Waals surface area contributed by atoms with Gasteiger partial charge in [-0.25, -0.2) is 5.48 Å². The van der Waals surface area contributed by atoms with Crippen molar-refractivity contribution in [2.24, 2.45) is 0 Å². The Labute approximate surface area is 191 Å². The summed E-state index contributed by atoms with van der Waals surface area (Å²) in [7, 11) is 0. The minimum Gasteiger partial charge on any atom is -0.492 e. The second kappa shape index (κ2) is 12.4. The molecule has 2 amide bonds. The van der Waals surface area contributed by atoms with E-state index in [1.54, 1.807) is 34.6 Å². The molecule has 0 aliphatic rings. The van der Waals surface area contributed by atoms with Crippen LogP contribution in [0, 0.1) is 0 Å². The molecule has 3 N–H and O–H groups in total. The first-order chi connectivity index (χ1) is 16.1. The summed E-state index contributed by atoms with van der Waals surface area (Å²) in [5.41, 5.74) is 3.42. The Balaban J connectivity index is 1.69. The number of aliphatic hydroxyl groups is 1. The first-order valence-electron chi connectivity index (χ1n) is 10.4. The molecule has 0 saturated carbocycles. The molecule has 3 rings (SSSR count). The number of amides is 2. The van der Waals surface area contributed by atoms with Gasteiger partial charge in [0.2, 0.25) is 0 Å². The summed E-state index contributed by atoms with van der Waals surface area (Å²) in [6, 6.07) is 16.9. The second-order valence-corrected chi connectivity index (χ2v) is 7.05. The van der Waals surface area contributed by atoms with Crippen molar-refractivity contribution in [1.82, 2.24) is 5.48 Å². The third-order valence-corrected chi connectivity index (χ3v) is 4.72. The van der Waals surface area contributed by atoms with Gasteiger partial charge in [0, 0.05) is 24.5 Å². The van der Waals surface area contributed by atoms with E-state index >= 15 is 0 Å². The molecule has 0 aliphatic heterocycles. The normalized spacial score (nSPS) is 10.6. The predicted octanol–water partition coefficient (Wildman–Crippen LogP) is 3.02. The molecule has 0 aliphatic carbocycles. The van der Waals surface area contributed by atoms with Crippen LogP contribution in [0.3, 0.4) is 0 Å². The molecule has 174 valence electrons. The average molecular weight is 454 g/mol. The monoisotopic (exact) mass is 454 g/mol. The van der Waals surface area contributed by atoms with E-state index in [-0.39, 0.29) is 37.0 Å². The van der Waals surface area contributed by atoms with E-state index in [9.17, 15) is 9.59 Å². The number of carbonyl (C=O) groups is 2. The molecule has 1 aromatic heterocycles. The fourth-order valence-electron chi connectivity index (χ4n) is 3.07. The van der Waals surface area contributed by atoms with Crippen molar-refractivity contribution in [2.75, 3.05) is 31.3 Å². The number of hydrogen-bond donors (Lipinski definition) is 3. The van der Waals surface area contributed by atoms with Crippen LogP contribution >= 0.6 is 0 Å². The molecule has 0 fully saturated rings.